The third-order valence-electron chi connectivity index (χ3n) is 12.2. The molecule has 4 aromatic carbocycles. The number of benzene rings is 4. The molecule has 0 aromatic heterocycles. The molecule has 0 unspecified atom stereocenters. The number of carbonyl (C=O) groups excluding carboxylic acids is 4. The average Bonchev–Trinajstić information content (AvgIpc) is 3.31. The predicted octanol–water partition coefficient (Wildman–Crippen LogP) is 10.3. The number of nitrogens with zero attached hydrogens (tertiary/aromatic N) is 7. The van der Waals surface area contributed by atoms with E-state index in [2.05, 4.69) is 0 Å². The van der Waals surface area contributed by atoms with Crippen LogP contribution in [0.25, 0.3) is 0 Å². The zero-order valence-electron chi connectivity index (χ0n) is 39.2. The number of allylic oxidation sites excluding steroid dienone is 2. The summed E-state index contributed by atoms with van der Waals surface area (Å²) < 4.78 is 95.2. The minimum Gasteiger partial charge on any atom is -0.463 e. The zero-order valence-corrected chi connectivity index (χ0v) is 39.2. The summed E-state index contributed by atoms with van der Waals surface area (Å²) >= 11 is 0. The van der Waals surface area contributed by atoms with E-state index in [1.807, 2.05) is 26.2 Å². The van der Waals surface area contributed by atoms with Crippen LogP contribution in [-0.2, 0) is 31.4 Å². The molecular formula is C51H50F6N7O6+. The number of hydrogen-bond acceptors (Lipinski definition) is 8. The Hall–Kier alpha value is -7.64. The van der Waals surface area contributed by atoms with Crippen LogP contribution in [0.4, 0.5) is 47.3 Å². The number of quaternary nitrogens is 1. The average molecular weight is 971 g/mol. The Bertz CT molecular complexity index is 2790. The van der Waals surface area contributed by atoms with E-state index < -0.39 is 59.6 Å². The van der Waals surface area contributed by atoms with Gasteiger partial charge in [0.25, 0.3) is 0 Å². The highest BCUT2D eigenvalue weighted by molar-refractivity contribution is 6.04. The highest BCUT2D eigenvalue weighted by Gasteiger charge is 2.46. The van der Waals surface area contributed by atoms with Crippen molar-refractivity contribution in [1.29, 1.82) is 10.5 Å². The van der Waals surface area contributed by atoms with Gasteiger partial charge in [-0.2, -0.15) is 36.9 Å². The first-order valence-electron chi connectivity index (χ1n) is 22.2. The molecule has 2 atom stereocenters. The molecule has 0 radical (unpaired) electrons. The smallest absolute Gasteiger partial charge is 0.416 e. The van der Waals surface area contributed by atoms with Crippen molar-refractivity contribution in [3.8, 4) is 12.1 Å². The monoisotopic (exact) mass is 970 g/mol. The fourth-order valence-corrected chi connectivity index (χ4v) is 8.68. The van der Waals surface area contributed by atoms with Crippen molar-refractivity contribution >= 4 is 35.4 Å². The molecule has 19 heteroatoms. The molecule has 2 heterocycles. The van der Waals surface area contributed by atoms with Crippen LogP contribution in [0, 0.1) is 22.7 Å². The van der Waals surface area contributed by atoms with Crippen molar-refractivity contribution in [2.45, 2.75) is 58.6 Å². The molecule has 366 valence electrons. The second kappa shape index (κ2) is 20.9. The number of hydrogen-bond donors (Lipinski definition) is 0. The minimum absolute atomic E-state index is 0.0131. The lowest BCUT2D eigenvalue weighted by atomic mass is 9.92. The van der Waals surface area contributed by atoms with Crippen LogP contribution in [0.1, 0.15) is 79.6 Å². The van der Waals surface area contributed by atoms with E-state index in [9.17, 15) is 56.0 Å². The Labute approximate surface area is 401 Å². The van der Waals surface area contributed by atoms with Crippen molar-refractivity contribution in [2.24, 2.45) is 0 Å². The third kappa shape index (κ3) is 11.0. The topological polar surface area (TPSA) is 147 Å². The highest BCUT2D eigenvalue weighted by Crippen LogP contribution is 2.44. The molecular weight excluding hydrogens is 921 g/mol. The number of rotatable bonds is 15. The first-order chi connectivity index (χ1) is 33.1. The summed E-state index contributed by atoms with van der Waals surface area (Å²) in [4.78, 5) is 62.3. The first kappa shape index (κ1) is 51.7. The number of alkyl halides is 6. The van der Waals surface area contributed by atoms with E-state index in [1.165, 1.54) is 60.0 Å². The summed E-state index contributed by atoms with van der Waals surface area (Å²) in [6, 6.07) is 21.1. The van der Waals surface area contributed by atoms with Gasteiger partial charge in [0.15, 0.2) is 0 Å². The number of amides is 4. The lowest BCUT2D eigenvalue weighted by Crippen LogP contribution is -2.55. The van der Waals surface area contributed by atoms with E-state index in [-0.39, 0.29) is 84.2 Å². The Kier molecular flexibility index (Phi) is 15.5. The number of halogens is 6. The zero-order chi connectivity index (χ0) is 51.3. The fraction of sp³-hybridized carbons (Fsp3) is 0.333. The largest absolute Gasteiger partial charge is 0.463 e. The molecule has 4 aromatic rings. The van der Waals surface area contributed by atoms with E-state index in [1.54, 1.807) is 38.1 Å². The lowest BCUT2D eigenvalue weighted by molar-refractivity contribution is -0.889. The van der Waals surface area contributed by atoms with Crippen LogP contribution in [0.15, 0.2) is 120 Å². The van der Waals surface area contributed by atoms with Gasteiger partial charge in [0, 0.05) is 24.4 Å². The van der Waals surface area contributed by atoms with Gasteiger partial charge in [-0.05, 0) is 99.5 Å². The van der Waals surface area contributed by atoms with E-state index >= 15 is 0 Å². The number of likely N-dealkylation sites (N-methyl/N-ethyl adjacent to an activating group) is 1. The van der Waals surface area contributed by atoms with E-state index in [4.69, 9.17) is 9.47 Å². The second-order valence-electron chi connectivity index (χ2n) is 17.2. The van der Waals surface area contributed by atoms with E-state index in [0.717, 1.165) is 46.2 Å². The van der Waals surface area contributed by atoms with Crippen LogP contribution >= 0.6 is 0 Å². The molecule has 0 saturated heterocycles. The minimum atomic E-state index is -4.75. The normalized spacial score (nSPS) is 16.9. The number of ether oxygens (including phenoxy) is 2. The molecule has 0 aliphatic carbocycles. The van der Waals surface area contributed by atoms with Crippen molar-refractivity contribution in [3.05, 3.63) is 153 Å². The van der Waals surface area contributed by atoms with Crippen molar-refractivity contribution in [3.63, 3.8) is 0 Å². The van der Waals surface area contributed by atoms with Gasteiger partial charge in [0.1, 0.15) is 0 Å². The molecule has 0 spiro atoms. The standard InChI is InChI=1S/C51H50F6N7O6/c1-7-69-46(65)42-32(3)62(40-14-9-12-38(28-40)50(52,53)54)48(67)60(44(42)36-20-16-34(30-58)17-21-36)24-11-26-64(5,6)27-25-61-45(37-22-18-35(31-59)19-23-37)43(47(66)70-8-2)33(4)63(49(61)68)41-15-10-13-39(29-41)51(55,56)57/h9-10,12-23,28-29,44-45H,7-8,11,24-27H2,1-6H3/q+1/t44-,45-/m1/s1. The van der Waals surface area contributed by atoms with Crippen molar-refractivity contribution in [2.75, 3.05) is 63.3 Å². The maximum Gasteiger partial charge on any atom is 0.416 e. The van der Waals surface area contributed by atoms with Crippen LogP contribution in [0.5, 0.6) is 0 Å². The van der Waals surface area contributed by atoms with Gasteiger partial charge in [-0.15, -0.1) is 0 Å². The molecule has 0 saturated carbocycles. The summed E-state index contributed by atoms with van der Waals surface area (Å²) in [5.41, 5.74) is -0.840. The second-order valence-corrected chi connectivity index (χ2v) is 17.2. The SMILES string of the molecule is CCOC(=O)C1=C(C)N(c2cccc(C(F)(F)F)c2)C(=O)N(CCC[N+](C)(C)CCN2C(=O)N(c3cccc(C(F)(F)F)c3)C(C)=C(C(=O)OCC)[C@H]2c2ccc(C#N)cc2)[C@@H]1c1ccc(C#N)cc1. The Morgan fingerprint density at radius 3 is 1.36 bits per heavy atom. The Morgan fingerprint density at radius 1 is 0.614 bits per heavy atom. The number of carbonyl (C=O) groups is 4. The van der Waals surface area contributed by atoms with Crippen molar-refractivity contribution in [1.82, 2.24) is 9.80 Å². The lowest BCUT2D eigenvalue weighted by Gasteiger charge is -2.44. The highest BCUT2D eigenvalue weighted by atomic mass is 19.4. The summed E-state index contributed by atoms with van der Waals surface area (Å²) in [5, 5.41) is 19.1. The molecule has 0 N–H and O–H groups in total. The number of nitriles is 2. The summed E-state index contributed by atoms with van der Waals surface area (Å²) in [7, 11) is 3.67. The molecule has 70 heavy (non-hydrogen) atoms. The number of anilines is 2. The molecule has 6 rings (SSSR count). The Balaban J connectivity index is 1.37. The predicted molar refractivity (Wildman–Crippen MR) is 245 cm³/mol. The number of esters is 2. The molecule has 0 bridgehead atoms. The van der Waals surface area contributed by atoms with Gasteiger partial charge in [-0.25, -0.2) is 19.2 Å². The molecule has 13 nitrogen and oxygen atoms in total. The van der Waals surface area contributed by atoms with Gasteiger partial charge in [0.05, 0.1) is 116 Å². The summed E-state index contributed by atoms with van der Waals surface area (Å²) in [6.07, 6.45) is -9.29. The van der Waals surface area contributed by atoms with Gasteiger partial charge in [-0.3, -0.25) is 9.80 Å². The van der Waals surface area contributed by atoms with Gasteiger partial charge < -0.3 is 23.8 Å². The molecule has 4 amide bonds. The summed E-state index contributed by atoms with van der Waals surface area (Å²) in [5.74, 6) is -1.63. The van der Waals surface area contributed by atoms with Gasteiger partial charge in [0.2, 0.25) is 0 Å². The van der Waals surface area contributed by atoms with Crippen molar-refractivity contribution < 1.29 is 59.5 Å². The van der Waals surface area contributed by atoms with E-state index in [0.29, 0.717) is 22.3 Å². The molecule has 0 fully saturated rings. The van der Waals surface area contributed by atoms with Gasteiger partial charge in [-0.1, -0.05) is 36.4 Å². The fourth-order valence-electron chi connectivity index (χ4n) is 8.68. The van der Waals surface area contributed by atoms with Crippen LogP contribution in [0.3, 0.4) is 0 Å². The summed E-state index contributed by atoms with van der Waals surface area (Å²) in [6.45, 7) is 6.25. The maximum absolute atomic E-state index is 14.9. The van der Waals surface area contributed by atoms with Gasteiger partial charge >= 0.3 is 36.4 Å². The Morgan fingerprint density at radius 2 is 1.00 bits per heavy atom. The quantitative estimate of drug-likeness (QED) is 0.0650. The van der Waals surface area contributed by atoms with Crippen LogP contribution in [0.2, 0.25) is 0 Å². The maximum atomic E-state index is 14.9. The van der Waals surface area contributed by atoms with Crippen LogP contribution in [-0.4, -0.2) is 91.8 Å². The van der Waals surface area contributed by atoms with Crippen LogP contribution < -0.4 is 9.80 Å². The first-order valence-corrected chi connectivity index (χ1v) is 22.2. The number of urea groups is 2. The molecule has 2 aliphatic heterocycles. The third-order valence-corrected chi connectivity index (χ3v) is 12.2. The molecule has 2 aliphatic rings.